The molecule has 0 bridgehead atoms. The minimum atomic E-state index is -0.274. The second-order valence-corrected chi connectivity index (χ2v) is 6.89. The summed E-state index contributed by atoms with van der Waals surface area (Å²) in [7, 11) is 1.65. The predicted octanol–water partition coefficient (Wildman–Crippen LogP) is 1.42. The first-order chi connectivity index (χ1) is 14.2. The van der Waals surface area contributed by atoms with Crippen LogP contribution in [-0.4, -0.2) is 49.7 Å². The molecule has 0 radical (unpaired) electrons. The minimum absolute atomic E-state index is 0.215. The Morgan fingerprint density at radius 1 is 1.21 bits per heavy atom. The highest BCUT2D eigenvalue weighted by molar-refractivity contribution is 6.00. The molecule has 152 valence electrons. The number of benzene rings is 2. The molecular weight excluding hydrogens is 368 g/mol. The zero-order valence-corrected chi connectivity index (χ0v) is 16.4. The minimum Gasteiger partial charge on any atom is -0.497 e. The SMILES string of the molecule is COc1ccc(CN=C2N=C(C3CNCCO3)N(N)C(c3ccccc3)N2)cc1. The van der Waals surface area contributed by atoms with Gasteiger partial charge in [0.25, 0.3) is 0 Å². The van der Waals surface area contributed by atoms with Gasteiger partial charge in [0.15, 0.2) is 5.84 Å². The molecule has 8 heteroatoms. The van der Waals surface area contributed by atoms with Gasteiger partial charge in [0, 0.05) is 13.1 Å². The first kappa shape index (κ1) is 19.4. The monoisotopic (exact) mass is 394 g/mol. The molecule has 0 saturated carbocycles. The number of nitrogens with zero attached hydrogens (tertiary/aromatic N) is 3. The van der Waals surface area contributed by atoms with E-state index in [1.807, 2.05) is 54.6 Å². The van der Waals surface area contributed by atoms with Crippen LogP contribution in [0.4, 0.5) is 0 Å². The topological polar surface area (TPSA) is 96.5 Å². The lowest BCUT2D eigenvalue weighted by Gasteiger charge is -2.38. The predicted molar refractivity (Wildman–Crippen MR) is 113 cm³/mol. The van der Waals surface area contributed by atoms with Crippen LogP contribution in [0.5, 0.6) is 5.75 Å². The van der Waals surface area contributed by atoms with Gasteiger partial charge in [-0.2, -0.15) is 4.99 Å². The van der Waals surface area contributed by atoms with Gasteiger partial charge >= 0.3 is 0 Å². The Kier molecular flexibility index (Phi) is 6.04. The molecule has 2 aliphatic heterocycles. The molecule has 4 rings (SSSR count). The van der Waals surface area contributed by atoms with E-state index in [0.717, 1.165) is 23.4 Å². The van der Waals surface area contributed by atoms with E-state index in [1.54, 1.807) is 12.1 Å². The summed E-state index contributed by atoms with van der Waals surface area (Å²) in [4.78, 5) is 9.36. The third-order valence-corrected chi connectivity index (χ3v) is 4.93. The van der Waals surface area contributed by atoms with Crippen molar-refractivity contribution in [2.45, 2.75) is 18.8 Å². The Morgan fingerprint density at radius 3 is 2.69 bits per heavy atom. The summed E-state index contributed by atoms with van der Waals surface area (Å²) in [6.07, 6.45) is -0.489. The highest BCUT2D eigenvalue weighted by atomic mass is 16.5. The number of hydrazine groups is 1. The van der Waals surface area contributed by atoms with Crippen LogP contribution in [0.15, 0.2) is 64.6 Å². The Bertz CT molecular complexity index is 862. The zero-order chi connectivity index (χ0) is 20.1. The van der Waals surface area contributed by atoms with Crippen molar-refractivity contribution < 1.29 is 9.47 Å². The average Bonchev–Trinajstić information content (AvgIpc) is 2.80. The van der Waals surface area contributed by atoms with Crippen LogP contribution < -0.4 is 21.2 Å². The van der Waals surface area contributed by atoms with Crippen molar-refractivity contribution in [3.05, 3.63) is 65.7 Å². The fourth-order valence-corrected chi connectivity index (χ4v) is 3.35. The molecule has 29 heavy (non-hydrogen) atoms. The summed E-state index contributed by atoms with van der Waals surface area (Å²) < 4.78 is 11.1. The Balaban J connectivity index is 1.60. The number of rotatable bonds is 5. The number of aliphatic imine (C=N–C) groups is 2. The van der Waals surface area contributed by atoms with Crippen molar-refractivity contribution in [1.29, 1.82) is 0 Å². The van der Waals surface area contributed by atoms with Crippen molar-refractivity contribution in [1.82, 2.24) is 15.6 Å². The maximum Gasteiger partial charge on any atom is 0.222 e. The van der Waals surface area contributed by atoms with Crippen LogP contribution in [-0.2, 0) is 11.3 Å². The molecule has 0 amide bonds. The molecule has 0 spiro atoms. The van der Waals surface area contributed by atoms with Crippen LogP contribution in [0.3, 0.4) is 0 Å². The van der Waals surface area contributed by atoms with Gasteiger partial charge in [-0.1, -0.05) is 42.5 Å². The van der Waals surface area contributed by atoms with Gasteiger partial charge < -0.3 is 20.1 Å². The molecule has 2 heterocycles. The summed E-state index contributed by atoms with van der Waals surface area (Å²) in [6.45, 7) is 2.62. The molecule has 0 aliphatic carbocycles. The molecule has 2 unspecified atom stereocenters. The fraction of sp³-hybridized carbons (Fsp3) is 0.333. The number of hydrogen-bond donors (Lipinski definition) is 3. The summed E-state index contributed by atoms with van der Waals surface area (Å²) in [6, 6.07) is 17.9. The Morgan fingerprint density at radius 2 is 2.00 bits per heavy atom. The number of amidine groups is 1. The summed E-state index contributed by atoms with van der Waals surface area (Å²) in [5, 5.41) is 8.31. The zero-order valence-electron chi connectivity index (χ0n) is 16.4. The fourth-order valence-electron chi connectivity index (χ4n) is 3.35. The summed E-state index contributed by atoms with van der Waals surface area (Å²) in [5.74, 6) is 8.48. The number of morpholine rings is 1. The van der Waals surface area contributed by atoms with Gasteiger partial charge in [0.05, 0.1) is 20.3 Å². The van der Waals surface area contributed by atoms with E-state index in [4.69, 9.17) is 15.3 Å². The van der Waals surface area contributed by atoms with Gasteiger partial charge in [-0.25, -0.2) is 10.8 Å². The molecular formula is C21H26N6O2. The van der Waals surface area contributed by atoms with Crippen LogP contribution >= 0.6 is 0 Å². The van der Waals surface area contributed by atoms with E-state index in [2.05, 4.69) is 20.6 Å². The number of nitrogens with two attached hydrogens (primary N) is 1. The van der Waals surface area contributed by atoms with Gasteiger partial charge in [-0.3, -0.25) is 5.01 Å². The van der Waals surface area contributed by atoms with Gasteiger partial charge in [-0.05, 0) is 23.3 Å². The van der Waals surface area contributed by atoms with E-state index in [1.165, 1.54) is 0 Å². The Labute approximate surface area is 170 Å². The third-order valence-electron chi connectivity index (χ3n) is 4.93. The van der Waals surface area contributed by atoms with Crippen LogP contribution in [0.25, 0.3) is 0 Å². The standard InChI is InChI=1S/C21H26N6O2/c1-28-17-9-7-15(8-10-17)13-24-21-25-19(16-5-3-2-4-6-16)27(22)20(26-21)18-14-23-11-12-29-18/h2-10,18-19,23H,11-14,22H2,1H3,(H,24,25). The normalized spacial score (nSPS) is 23.4. The highest BCUT2D eigenvalue weighted by Gasteiger charge is 2.33. The van der Waals surface area contributed by atoms with Crippen molar-refractivity contribution in [2.24, 2.45) is 15.8 Å². The van der Waals surface area contributed by atoms with Gasteiger partial charge in [-0.15, -0.1) is 0 Å². The maximum atomic E-state index is 6.45. The molecule has 1 fully saturated rings. The van der Waals surface area contributed by atoms with Gasteiger partial charge in [0.1, 0.15) is 18.0 Å². The van der Waals surface area contributed by atoms with E-state index in [0.29, 0.717) is 31.5 Å². The third kappa shape index (κ3) is 4.56. The van der Waals surface area contributed by atoms with Crippen molar-refractivity contribution in [3.63, 3.8) is 0 Å². The smallest absolute Gasteiger partial charge is 0.222 e. The van der Waals surface area contributed by atoms with Crippen molar-refractivity contribution >= 4 is 11.8 Å². The van der Waals surface area contributed by atoms with Crippen LogP contribution in [0.1, 0.15) is 17.3 Å². The molecule has 1 saturated heterocycles. The second-order valence-electron chi connectivity index (χ2n) is 6.89. The number of methoxy groups -OCH3 is 1. The number of hydrogen-bond acceptors (Lipinski definition) is 6. The van der Waals surface area contributed by atoms with E-state index in [-0.39, 0.29) is 12.3 Å². The summed E-state index contributed by atoms with van der Waals surface area (Å²) >= 11 is 0. The number of ether oxygens (including phenoxy) is 2. The average molecular weight is 394 g/mol. The van der Waals surface area contributed by atoms with Crippen LogP contribution in [0, 0.1) is 0 Å². The molecule has 2 atom stereocenters. The lowest BCUT2D eigenvalue weighted by atomic mass is 10.1. The molecule has 8 nitrogen and oxygen atoms in total. The quantitative estimate of drug-likeness (QED) is 0.664. The van der Waals surface area contributed by atoms with E-state index < -0.39 is 0 Å². The molecule has 2 aromatic rings. The highest BCUT2D eigenvalue weighted by Crippen LogP contribution is 2.21. The first-order valence-corrected chi connectivity index (χ1v) is 9.68. The van der Waals surface area contributed by atoms with Crippen molar-refractivity contribution in [3.8, 4) is 5.75 Å². The lowest BCUT2D eigenvalue weighted by molar-refractivity contribution is 0.0588. The Hall–Kier alpha value is -2.94. The second kappa shape index (κ2) is 9.04. The number of guanidine groups is 1. The van der Waals surface area contributed by atoms with Crippen LogP contribution in [0.2, 0.25) is 0 Å². The van der Waals surface area contributed by atoms with Crippen molar-refractivity contribution in [2.75, 3.05) is 26.8 Å². The maximum absolute atomic E-state index is 6.45. The van der Waals surface area contributed by atoms with E-state index >= 15 is 0 Å². The first-order valence-electron chi connectivity index (χ1n) is 9.68. The molecule has 2 aromatic carbocycles. The molecule has 2 aliphatic rings. The number of nitrogens with one attached hydrogen (secondary N) is 2. The lowest BCUT2D eigenvalue weighted by Crippen LogP contribution is -2.59. The summed E-state index contributed by atoms with van der Waals surface area (Å²) in [5.41, 5.74) is 2.10. The molecule has 4 N–H and O–H groups in total. The molecule has 0 aromatic heterocycles. The van der Waals surface area contributed by atoms with E-state index in [9.17, 15) is 0 Å². The largest absolute Gasteiger partial charge is 0.497 e. The van der Waals surface area contributed by atoms with Gasteiger partial charge in [0.2, 0.25) is 5.96 Å².